The van der Waals surface area contributed by atoms with Crippen molar-refractivity contribution in [3.05, 3.63) is 108 Å². The van der Waals surface area contributed by atoms with Crippen LogP contribution in [0.25, 0.3) is 0 Å². The van der Waals surface area contributed by atoms with Gasteiger partial charge < -0.3 is 29.5 Å². The molecule has 3 aromatic carbocycles. The summed E-state index contributed by atoms with van der Waals surface area (Å²) in [6.07, 6.45) is -6.08. The average molecular weight is 437 g/mol. The van der Waals surface area contributed by atoms with Gasteiger partial charge in [0.05, 0.1) is 6.61 Å². The summed E-state index contributed by atoms with van der Waals surface area (Å²) in [6, 6.07) is 29.5. The Bertz CT molecular complexity index is 867. The second-order valence-electron chi connectivity index (χ2n) is 7.84. The number of aliphatic hydroxyl groups excluding tert-OH is 3. The van der Waals surface area contributed by atoms with Crippen LogP contribution >= 0.6 is 0 Å². The molecule has 0 aromatic heterocycles. The second kappa shape index (κ2) is 9.92. The zero-order valence-electron chi connectivity index (χ0n) is 17.8. The molecule has 1 heterocycles. The van der Waals surface area contributed by atoms with Gasteiger partial charge in [0.15, 0.2) is 6.29 Å². The first-order chi connectivity index (χ1) is 15.6. The van der Waals surface area contributed by atoms with E-state index in [1.807, 2.05) is 91.0 Å². The summed E-state index contributed by atoms with van der Waals surface area (Å²) in [5.74, 6) is 0. The maximum absolute atomic E-state index is 10.6. The third kappa shape index (κ3) is 4.21. The lowest BCUT2D eigenvalue weighted by atomic mass is 9.80. The van der Waals surface area contributed by atoms with Gasteiger partial charge in [0.25, 0.3) is 0 Å². The molecule has 0 saturated carbocycles. The number of aliphatic hydroxyl groups is 3. The number of rotatable bonds is 7. The van der Waals surface area contributed by atoms with Gasteiger partial charge in [-0.3, -0.25) is 0 Å². The molecule has 32 heavy (non-hydrogen) atoms. The molecule has 3 aromatic rings. The molecule has 6 heteroatoms. The molecule has 1 aliphatic heterocycles. The van der Waals surface area contributed by atoms with Crippen LogP contribution < -0.4 is 0 Å². The van der Waals surface area contributed by atoms with Crippen molar-refractivity contribution < 1.29 is 29.5 Å². The Morgan fingerprint density at radius 3 is 1.53 bits per heavy atom. The van der Waals surface area contributed by atoms with Gasteiger partial charge in [0.1, 0.15) is 30.0 Å². The van der Waals surface area contributed by atoms with E-state index in [2.05, 4.69) is 0 Å². The second-order valence-corrected chi connectivity index (χ2v) is 7.84. The Morgan fingerprint density at radius 1 is 0.688 bits per heavy atom. The van der Waals surface area contributed by atoms with Crippen LogP contribution in [0.4, 0.5) is 0 Å². The van der Waals surface area contributed by atoms with Crippen molar-refractivity contribution in [3.63, 3.8) is 0 Å². The van der Waals surface area contributed by atoms with Gasteiger partial charge in [0.2, 0.25) is 0 Å². The molecule has 0 spiro atoms. The molecule has 6 nitrogen and oxygen atoms in total. The fourth-order valence-electron chi connectivity index (χ4n) is 4.22. The van der Waals surface area contributed by atoms with Crippen molar-refractivity contribution in [2.45, 2.75) is 36.3 Å². The Morgan fingerprint density at radius 2 is 1.12 bits per heavy atom. The van der Waals surface area contributed by atoms with Gasteiger partial charge in [-0.15, -0.1) is 0 Å². The highest BCUT2D eigenvalue weighted by molar-refractivity contribution is 5.47. The first-order valence-electron chi connectivity index (χ1n) is 10.6. The summed E-state index contributed by atoms with van der Waals surface area (Å²) in [7, 11) is 1.37. The molecule has 0 bridgehead atoms. The van der Waals surface area contributed by atoms with Gasteiger partial charge in [0, 0.05) is 7.11 Å². The van der Waals surface area contributed by atoms with E-state index in [1.54, 1.807) is 0 Å². The number of hydrogen-bond acceptors (Lipinski definition) is 6. The van der Waals surface area contributed by atoms with Crippen LogP contribution in [-0.4, -0.2) is 59.7 Å². The van der Waals surface area contributed by atoms with Crippen molar-refractivity contribution in [3.8, 4) is 0 Å². The summed E-state index contributed by atoms with van der Waals surface area (Å²) in [4.78, 5) is 0. The number of methoxy groups -OCH3 is 1. The van der Waals surface area contributed by atoms with Crippen molar-refractivity contribution in [2.24, 2.45) is 0 Å². The average Bonchev–Trinajstić information content (AvgIpc) is 2.86. The van der Waals surface area contributed by atoms with Crippen LogP contribution in [-0.2, 0) is 19.8 Å². The van der Waals surface area contributed by atoms with E-state index >= 15 is 0 Å². The van der Waals surface area contributed by atoms with Crippen molar-refractivity contribution in [1.82, 2.24) is 0 Å². The fourth-order valence-corrected chi connectivity index (χ4v) is 4.22. The molecule has 0 radical (unpaired) electrons. The molecule has 4 rings (SSSR count). The molecule has 0 aliphatic carbocycles. The maximum atomic E-state index is 10.6. The lowest BCUT2D eigenvalue weighted by Gasteiger charge is -2.42. The first kappa shape index (κ1) is 22.6. The standard InChI is InChI=1S/C26H28O6/c1-30-25-24(29)23(28)22(27)21(32-25)17-31-26(18-11-5-2-6-12-18,19-13-7-3-8-14-19)20-15-9-4-10-16-20/h2-16,21-25,27-29H,17H2,1H3/t21-,22+,23-,24+,25+/m0/s1. The van der Waals surface area contributed by atoms with E-state index in [9.17, 15) is 15.3 Å². The topological polar surface area (TPSA) is 88.4 Å². The van der Waals surface area contributed by atoms with E-state index < -0.39 is 36.3 Å². The summed E-state index contributed by atoms with van der Waals surface area (Å²) >= 11 is 0. The normalized spacial score (nSPS) is 26.1. The minimum atomic E-state index is -1.41. The fraction of sp³-hybridized carbons (Fsp3) is 0.308. The van der Waals surface area contributed by atoms with Crippen LogP contribution in [0.15, 0.2) is 91.0 Å². The van der Waals surface area contributed by atoms with Crippen LogP contribution in [0, 0.1) is 0 Å². The molecular weight excluding hydrogens is 408 g/mol. The minimum absolute atomic E-state index is 0.0521. The van der Waals surface area contributed by atoms with Crippen molar-refractivity contribution >= 4 is 0 Å². The highest BCUT2D eigenvalue weighted by atomic mass is 16.7. The van der Waals surface area contributed by atoms with E-state index in [4.69, 9.17) is 14.2 Å². The predicted octanol–water partition coefficient (Wildman–Crippen LogP) is 2.45. The molecule has 1 fully saturated rings. The van der Waals surface area contributed by atoms with Gasteiger partial charge in [-0.05, 0) is 16.7 Å². The molecule has 0 amide bonds. The molecule has 1 saturated heterocycles. The van der Waals surface area contributed by atoms with Crippen molar-refractivity contribution in [2.75, 3.05) is 13.7 Å². The molecule has 3 N–H and O–H groups in total. The number of benzene rings is 3. The lowest BCUT2D eigenvalue weighted by Crippen LogP contribution is -2.59. The van der Waals surface area contributed by atoms with Crippen LogP contribution in [0.1, 0.15) is 16.7 Å². The summed E-state index contributed by atoms with van der Waals surface area (Å²) in [5.41, 5.74) is 1.74. The lowest BCUT2D eigenvalue weighted by molar-refractivity contribution is -0.299. The monoisotopic (exact) mass is 436 g/mol. The maximum Gasteiger partial charge on any atom is 0.186 e. The first-order valence-corrected chi connectivity index (χ1v) is 10.6. The van der Waals surface area contributed by atoms with E-state index in [0.29, 0.717) is 0 Å². The number of hydrogen-bond donors (Lipinski definition) is 3. The largest absolute Gasteiger partial charge is 0.387 e. The predicted molar refractivity (Wildman–Crippen MR) is 119 cm³/mol. The third-order valence-electron chi connectivity index (χ3n) is 5.91. The van der Waals surface area contributed by atoms with E-state index in [1.165, 1.54) is 7.11 Å². The summed E-state index contributed by atoms with van der Waals surface area (Å²) in [6.45, 7) is -0.0521. The Balaban J connectivity index is 1.77. The molecular formula is C26H28O6. The molecule has 168 valence electrons. The van der Waals surface area contributed by atoms with Gasteiger partial charge in [-0.25, -0.2) is 0 Å². The van der Waals surface area contributed by atoms with Gasteiger partial charge in [-0.2, -0.15) is 0 Å². The highest BCUT2D eigenvalue weighted by Crippen LogP contribution is 2.41. The minimum Gasteiger partial charge on any atom is -0.387 e. The summed E-state index contributed by atoms with van der Waals surface area (Å²) in [5, 5.41) is 30.9. The number of ether oxygens (including phenoxy) is 3. The van der Waals surface area contributed by atoms with E-state index in [0.717, 1.165) is 16.7 Å². The molecule has 1 aliphatic rings. The molecule has 5 atom stereocenters. The Labute approximate surface area is 187 Å². The zero-order valence-corrected chi connectivity index (χ0v) is 17.8. The summed E-state index contributed by atoms with van der Waals surface area (Å²) < 4.78 is 17.5. The van der Waals surface area contributed by atoms with Crippen LogP contribution in [0.5, 0.6) is 0 Å². The Kier molecular flexibility index (Phi) is 7.01. The Hall–Kier alpha value is -2.58. The van der Waals surface area contributed by atoms with Gasteiger partial charge >= 0.3 is 0 Å². The van der Waals surface area contributed by atoms with Crippen molar-refractivity contribution in [1.29, 1.82) is 0 Å². The zero-order chi connectivity index (χ0) is 22.6. The smallest absolute Gasteiger partial charge is 0.186 e. The third-order valence-corrected chi connectivity index (χ3v) is 5.91. The SMILES string of the molecule is CO[C@@H]1O[C@@H](COC(c2ccccc2)(c2ccccc2)c2ccccc2)[C@@H](O)[C@H](O)[C@H]1O. The quantitative estimate of drug-likeness (QED) is 0.493. The van der Waals surface area contributed by atoms with Gasteiger partial charge in [-0.1, -0.05) is 91.0 Å². The molecule has 0 unspecified atom stereocenters. The van der Waals surface area contributed by atoms with Crippen LogP contribution in [0.3, 0.4) is 0 Å². The van der Waals surface area contributed by atoms with Crippen LogP contribution in [0.2, 0.25) is 0 Å². The highest BCUT2D eigenvalue weighted by Gasteiger charge is 2.46. The van der Waals surface area contributed by atoms with E-state index in [-0.39, 0.29) is 6.61 Å².